The summed E-state index contributed by atoms with van der Waals surface area (Å²) >= 11 is 0. The summed E-state index contributed by atoms with van der Waals surface area (Å²) in [6.45, 7) is 4.00. The maximum absolute atomic E-state index is 13.1. The van der Waals surface area contributed by atoms with Crippen molar-refractivity contribution in [2.24, 2.45) is 0 Å². The molecule has 0 saturated carbocycles. The summed E-state index contributed by atoms with van der Waals surface area (Å²) in [5, 5.41) is 0. The van der Waals surface area contributed by atoms with Crippen LogP contribution in [-0.2, 0) is 9.59 Å². The minimum absolute atomic E-state index is 0.116. The molecule has 0 radical (unpaired) electrons. The van der Waals surface area contributed by atoms with Crippen LogP contribution in [0.5, 0.6) is 0 Å². The number of carbonyl (C=O) groups is 2. The van der Waals surface area contributed by atoms with E-state index in [1.165, 1.54) is 28.9 Å². The summed E-state index contributed by atoms with van der Waals surface area (Å²) in [7, 11) is 0. The number of hydrogen-bond donors (Lipinski definition) is 0. The number of halogens is 1. The molecule has 1 fully saturated rings. The van der Waals surface area contributed by atoms with Gasteiger partial charge in [0.1, 0.15) is 11.9 Å². The van der Waals surface area contributed by atoms with E-state index < -0.39 is 6.04 Å². The van der Waals surface area contributed by atoms with Crippen LogP contribution in [0, 0.1) is 5.82 Å². The zero-order chi connectivity index (χ0) is 13.3. The van der Waals surface area contributed by atoms with Gasteiger partial charge in [0.2, 0.25) is 11.8 Å². The van der Waals surface area contributed by atoms with Crippen molar-refractivity contribution in [1.82, 2.24) is 4.90 Å². The quantitative estimate of drug-likeness (QED) is 0.756. The highest BCUT2D eigenvalue weighted by atomic mass is 19.1. The van der Waals surface area contributed by atoms with E-state index >= 15 is 0 Å². The lowest BCUT2D eigenvalue weighted by molar-refractivity contribution is -0.139. The fourth-order valence-corrected chi connectivity index (χ4v) is 2.20. The summed E-state index contributed by atoms with van der Waals surface area (Å²) in [6, 6.07) is 5.42. The number of carbonyl (C=O) groups excluding carboxylic acids is 2. The van der Waals surface area contributed by atoms with E-state index in [9.17, 15) is 14.0 Å². The number of anilines is 1. The molecule has 0 spiro atoms. The van der Waals surface area contributed by atoms with E-state index in [0.29, 0.717) is 18.8 Å². The first-order valence-corrected chi connectivity index (χ1v) is 5.85. The molecule has 2 rings (SSSR count). The van der Waals surface area contributed by atoms with Crippen LogP contribution >= 0.6 is 0 Å². The Morgan fingerprint density at radius 2 is 2.11 bits per heavy atom. The fourth-order valence-electron chi connectivity index (χ4n) is 2.20. The highest BCUT2D eigenvalue weighted by Crippen LogP contribution is 2.21. The van der Waals surface area contributed by atoms with Crippen molar-refractivity contribution in [3.63, 3.8) is 0 Å². The Kier molecular flexibility index (Phi) is 3.32. The molecule has 1 aromatic rings. The third-order valence-electron chi connectivity index (χ3n) is 3.18. The van der Waals surface area contributed by atoms with Gasteiger partial charge in [-0.25, -0.2) is 4.39 Å². The maximum Gasteiger partial charge on any atom is 0.249 e. The third kappa shape index (κ3) is 2.20. The molecule has 1 atom stereocenters. The second kappa shape index (κ2) is 4.76. The molecule has 0 unspecified atom stereocenters. The lowest BCUT2D eigenvalue weighted by Crippen LogP contribution is -2.57. The average molecular weight is 250 g/mol. The molecule has 1 heterocycles. The van der Waals surface area contributed by atoms with Crippen LogP contribution in [0.4, 0.5) is 10.1 Å². The van der Waals surface area contributed by atoms with E-state index in [1.54, 1.807) is 19.1 Å². The summed E-state index contributed by atoms with van der Waals surface area (Å²) in [5.41, 5.74) is 0.537. The van der Waals surface area contributed by atoms with E-state index in [4.69, 9.17) is 0 Å². The third-order valence-corrected chi connectivity index (χ3v) is 3.18. The lowest BCUT2D eigenvalue weighted by atomic mass is 10.1. The molecule has 0 aromatic heterocycles. The van der Waals surface area contributed by atoms with Crippen molar-refractivity contribution in [1.29, 1.82) is 0 Å². The lowest BCUT2D eigenvalue weighted by Gasteiger charge is -2.38. The van der Waals surface area contributed by atoms with Gasteiger partial charge in [-0.05, 0) is 25.1 Å². The van der Waals surface area contributed by atoms with Gasteiger partial charge in [0.05, 0.1) is 0 Å². The van der Waals surface area contributed by atoms with Crippen LogP contribution in [0.1, 0.15) is 13.8 Å². The van der Waals surface area contributed by atoms with Crippen molar-refractivity contribution >= 4 is 17.5 Å². The second-order valence-corrected chi connectivity index (χ2v) is 4.36. The second-order valence-electron chi connectivity index (χ2n) is 4.36. The number of amides is 2. The monoisotopic (exact) mass is 250 g/mol. The molecule has 0 N–H and O–H groups in total. The molecule has 96 valence electrons. The molecule has 1 saturated heterocycles. The van der Waals surface area contributed by atoms with Gasteiger partial charge in [-0.2, -0.15) is 0 Å². The smallest absolute Gasteiger partial charge is 0.249 e. The molecule has 0 bridgehead atoms. The summed E-state index contributed by atoms with van der Waals surface area (Å²) < 4.78 is 13.1. The fraction of sp³-hybridized carbons (Fsp3) is 0.385. The van der Waals surface area contributed by atoms with Gasteiger partial charge in [-0.15, -0.1) is 0 Å². The molecular weight excluding hydrogens is 235 g/mol. The number of rotatable bonds is 1. The molecule has 1 aliphatic rings. The van der Waals surface area contributed by atoms with Gasteiger partial charge >= 0.3 is 0 Å². The molecule has 18 heavy (non-hydrogen) atoms. The van der Waals surface area contributed by atoms with Crippen molar-refractivity contribution in [2.75, 3.05) is 18.0 Å². The maximum atomic E-state index is 13.1. The standard InChI is InChI=1S/C13H15FN2O2/c1-9-13(18)16(7-6-15(9)10(2)17)12-5-3-4-11(14)8-12/h3-5,8-9H,6-7H2,1-2H3/t9-/m0/s1. The number of piperazine rings is 1. The van der Waals surface area contributed by atoms with Gasteiger partial charge in [0.25, 0.3) is 0 Å². The molecule has 0 aliphatic carbocycles. The van der Waals surface area contributed by atoms with Crippen LogP contribution in [0.2, 0.25) is 0 Å². The van der Waals surface area contributed by atoms with E-state index in [0.717, 1.165) is 0 Å². The Bertz CT molecular complexity index is 490. The molecule has 2 amide bonds. The molecule has 1 aliphatic heterocycles. The first-order chi connectivity index (χ1) is 8.50. The number of nitrogens with zero attached hydrogens (tertiary/aromatic N) is 2. The number of hydrogen-bond acceptors (Lipinski definition) is 2. The zero-order valence-corrected chi connectivity index (χ0v) is 10.4. The Morgan fingerprint density at radius 1 is 1.39 bits per heavy atom. The largest absolute Gasteiger partial charge is 0.329 e. The van der Waals surface area contributed by atoms with Crippen LogP contribution in [-0.4, -0.2) is 35.8 Å². The van der Waals surface area contributed by atoms with Crippen molar-refractivity contribution in [3.8, 4) is 0 Å². The van der Waals surface area contributed by atoms with E-state index in [2.05, 4.69) is 0 Å². The SMILES string of the molecule is CC(=O)N1CCN(c2cccc(F)c2)C(=O)[C@@H]1C. The molecular formula is C13H15FN2O2. The van der Waals surface area contributed by atoms with E-state index in [1.807, 2.05) is 0 Å². The van der Waals surface area contributed by atoms with Crippen LogP contribution < -0.4 is 4.90 Å². The van der Waals surface area contributed by atoms with Crippen LogP contribution in [0.25, 0.3) is 0 Å². The Hall–Kier alpha value is -1.91. The van der Waals surface area contributed by atoms with Gasteiger partial charge in [0.15, 0.2) is 0 Å². The normalized spacial score (nSPS) is 20.2. The van der Waals surface area contributed by atoms with E-state index in [-0.39, 0.29) is 17.6 Å². The Balaban J connectivity index is 2.23. The highest BCUT2D eigenvalue weighted by Gasteiger charge is 2.33. The predicted octanol–water partition coefficient (Wildman–Crippen LogP) is 1.41. The van der Waals surface area contributed by atoms with Gasteiger partial charge in [-0.3, -0.25) is 9.59 Å². The van der Waals surface area contributed by atoms with Gasteiger partial charge in [0, 0.05) is 25.7 Å². The average Bonchev–Trinajstić information content (AvgIpc) is 2.32. The Morgan fingerprint density at radius 3 is 2.72 bits per heavy atom. The van der Waals surface area contributed by atoms with Gasteiger partial charge in [-0.1, -0.05) is 6.07 Å². The highest BCUT2D eigenvalue weighted by molar-refractivity contribution is 5.99. The van der Waals surface area contributed by atoms with Crippen LogP contribution in [0.3, 0.4) is 0 Å². The number of benzene rings is 1. The predicted molar refractivity (Wildman–Crippen MR) is 65.6 cm³/mol. The zero-order valence-electron chi connectivity index (χ0n) is 10.4. The molecule has 5 heteroatoms. The molecule has 4 nitrogen and oxygen atoms in total. The minimum atomic E-state index is -0.500. The molecule has 1 aromatic carbocycles. The van der Waals surface area contributed by atoms with Crippen molar-refractivity contribution in [3.05, 3.63) is 30.1 Å². The van der Waals surface area contributed by atoms with Crippen molar-refractivity contribution in [2.45, 2.75) is 19.9 Å². The van der Waals surface area contributed by atoms with Crippen molar-refractivity contribution < 1.29 is 14.0 Å². The topological polar surface area (TPSA) is 40.6 Å². The summed E-state index contributed by atoms with van der Waals surface area (Å²) in [4.78, 5) is 26.6. The van der Waals surface area contributed by atoms with Crippen LogP contribution in [0.15, 0.2) is 24.3 Å². The van der Waals surface area contributed by atoms with Gasteiger partial charge < -0.3 is 9.80 Å². The first kappa shape index (κ1) is 12.5. The first-order valence-electron chi connectivity index (χ1n) is 5.85. The minimum Gasteiger partial charge on any atom is -0.329 e. The summed E-state index contributed by atoms with van der Waals surface area (Å²) in [6.07, 6.45) is 0. The summed E-state index contributed by atoms with van der Waals surface area (Å²) in [5.74, 6) is -0.668. The Labute approximate surface area is 105 Å².